The molecule has 0 radical (unpaired) electrons. The van der Waals surface area contributed by atoms with Gasteiger partial charge in [-0.05, 0) is 23.6 Å². The van der Waals surface area contributed by atoms with Crippen LogP contribution < -0.4 is 16.4 Å². The van der Waals surface area contributed by atoms with E-state index in [1.807, 2.05) is 12.1 Å². The molecule has 0 spiro atoms. The summed E-state index contributed by atoms with van der Waals surface area (Å²) in [4.78, 5) is 11.2. The van der Waals surface area contributed by atoms with Gasteiger partial charge in [0, 0.05) is 12.2 Å². The fourth-order valence-electron chi connectivity index (χ4n) is 1.76. The molecule has 4 heteroatoms. The minimum atomic E-state index is 0.0374. The van der Waals surface area contributed by atoms with Crippen molar-refractivity contribution in [3.05, 3.63) is 17.7 Å². The minimum Gasteiger partial charge on any atom is -0.397 e. The minimum absolute atomic E-state index is 0.0374. The molecule has 2 rings (SSSR count). The maximum atomic E-state index is 11.2. The molecule has 4 nitrogen and oxygen atoms in total. The lowest BCUT2D eigenvalue weighted by Crippen LogP contribution is -2.10. The van der Waals surface area contributed by atoms with Crippen molar-refractivity contribution in [2.24, 2.45) is 5.92 Å². The third-order valence-electron chi connectivity index (χ3n) is 2.60. The first-order chi connectivity index (χ1) is 7.56. The van der Waals surface area contributed by atoms with Gasteiger partial charge in [0.05, 0.1) is 17.8 Å². The maximum Gasteiger partial charge on any atom is 0.228 e. The van der Waals surface area contributed by atoms with E-state index in [1.165, 1.54) is 0 Å². The number of fused-ring (bicyclic) bond motifs is 1. The van der Waals surface area contributed by atoms with Crippen LogP contribution in [0.2, 0.25) is 0 Å². The highest BCUT2D eigenvalue weighted by molar-refractivity contribution is 6.00. The Hall–Kier alpha value is -1.71. The Kier molecular flexibility index (Phi) is 2.73. The van der Waals surface area contributed by atoms with Gasteiger partial charge in [0.1, 0.15) is 0 Å². The Labute approximate surface area is 95.2 Å². The topological polar surface area (TPSA) is 67.1 Å². The zero-order valence-corrected chi connectivity index (χ0v) is 9.63. The standard InChI is InChI=1S/C12H17N3O/c1-7(2)6-14-11-5-10-8(3-9(11)13)4-12(16)15-10/h3,5,7,14H,4,6,13H2,1-2H3,(H,15,16). The molecule has 0 atom stereocenters. The fraction of sp³-hybridized carbons (Fsp3) is 0.417. The van der Waals surface area contributed by atoms with E-state index in [0.29, 0.717) is 18.0 Å². The first-order valence-corrected chi connectivity index (χ1v) is 5.52. The summed E-state index contributed by atoms with van der Waals surface area (Å²) < 4.78 is 0. The molecule has 0 saturated carbocycles. The molecular weight excluding hydrogens is 202 g/mol. The van der Waals surface area contributed by atoms with Crippen molar-refractivity contribution >= 4 is 23.0 Å². The zero-order valence-electron chi connectivity index (χ0n) is 9.63. The van der Waals surface area contributed by atoms with Gasteiger partial charge in [-0.15, -0.1) is 0 Å². The molecule has 0 aliphatic carbocycles. The molecule has 1 aliphatic rings. The van der Waals surface area contributed by atoms with Crippen LogP contribution in [0.15, 0.2) is 12.1 Å². The monoisotopic (exact) mass is 219 g/mol. The first kappa shape index (κ1) is 10.8. The van der Waals surface area contributed by atoms with Crippen LogP contribution in [0.3, 0.4) is 0 Å². The van der Waals surface area contributed by atoms with Gasteiger partial charge in [-0.1, -0.05) is 13.8 Å². The number of amides is 1. The van der Waals surface area contributed by atoms with Crippen molar-refractivity contribution < 1.29 is 4.79 Å². The molecule has 0 bridgehead atoms. The molecule has 0 fully saturated rings. The average molecular weight is 219 g/mol. The van der Waals surface area contributed by atoms with Crippen LogP contribution >= 0.6 is 0 Å². The van der Waals surface area contributed by atoms with E-state index in [0.717, 1.165) is 23.5 Å². The van der Waals surface area contributed by atoms with Gasteiger partial charge in [-0.25, -0.2) is 0 Å². The number of nitrogen functional groups attached to an aromatic ring is 1. The van der Waals surface area contributed by atoms with E-state index in [9.17, 15) is 4.79 Å². The highest BCUT2D eigenvalue weighted by Crippen LogP contribution is 2.31. The van der Waals surface area contributed by atoms with Crippen LogP contribution in [-0.4, -0.2) is 12.5 Å². The number of carbonyl (C=O) groups excluding carboxylic acids is 1. The Morgan fingerprint density at radius 3 is 2.94 bits per heavy atom. The summed E-state index contributed by atoms with van der Waals surface area (Å²) in [6, 6.07) is 3.79. The van der Waals surface area contributed by atoms with Gasteiger partial charge in [0.15, 0.2) is 0 Å². The number of hydrogen-bond donors (Lipinski definition) is 3. The number of nitrogens with two attached hydrogens (primary N) is 1. The van der Waals surface area contributed by atoms with E-state index in [2.05, 4.69) is 24.5 Å². The Balaban J connectivity index is 2.21. The molecule has 0 unspecified atom stereocenters. The molecular formula is C12H17N3O. The number of anilines is 3. The summed E-state index contributed by atoms with van der Waals surface area (Å²) in [6.45, 7) is 5.15. The van der Waals surface area contributed by atoms with Crippen LogP contribution in [0.5, 0.6) is 0 Å². The van der Waals surface area contributed by atoms with Crippen LogP contribution in [0.1, 0.15) is 19.4 Å². The molecule has 0 aromatic heterocycles. The number of nitrogens with one attached hydrogen (secondary N) is 2. The number of carbonyl (C=O) groups is 1. The maximum absolute atomic E-state index is 11.2. The van der Waals surface area contributed by atoms with Crippen LogP contribution in [0.4, 0.5) is 17.1 Å². The number of hydrogen-bond acceptors (Lipinski definition) is 3. The van der Waals surface area contributed by atoms with E-state index in [4.69, 9.17) is 5.73 Å². The Morgan fingerprint density at radius 2 is 2.25 bits per heavy atom. The summed E-state index contributed by atoms with van der Waals surface area (Å²) in [5.74, 6) is 0.595. The van der Waals surface area contributed by atoms with Crippen molar-refractivity contribution in [1.29, 1.82) is 0 Å². The molecule has 16 heavy (non-hydrogen) atoms. The van der Waals surface area contributed by atoms with Crippen LogP contribution in [0.25, 0.3) is 0 Å². The second-order valence-corrected chi connectivity index (χ2v) is 4.60. The van der Waals surface area contributed by atoms with Gasteiger partial charge in [0.25, 0.3) is 0 Å². The second-order valence-electron chi connectivity index (χ2n) is 4.60. The number of rotatable bonds is 3. The Morgan fingerprint density at radius 1 is 1.50 bits per heavy atom. The highest BCUT2D eigenvalue weighted by Gasteiger charge is 2.19. The SMILES string of the molecule is CC(C)CNc1cc2c(cc1N)CC(=O)N2. The van der Waals surface area contributed by atoms with Crippen molar-refractivity contribution in [1.82, 2.24) is 0 Å². The van der Waals surface area contributed by atoms with Crippen LogP contribution in [-0.2, 0) is 11.2 Å². The summed E-state index contributed by atoms with van der Waals surface area (Å²) >= 11 is 0. The lowest BCUT2D eigenvalue weighted by Gasteiger charge is -2.13. The van der Waals surface area contributed by atoms with E-state index in [1.54, 1.807) is 0 Å². The molecule has 1 heterocycles. The smallest absolute Gasteiger partial charge is 0.228 e. The highest BCUT2D eigenvalue weighted by atomic mass is 16.1. The molecule has 1 aromatic carbocycles. The summed E-state index contributed by atoms with van der Waals surface area (Å²) in [7, 11) is 0. The van der Waals surface area contributed by atoms with Gasteiger partial charge in [-0.2, -0.15) is 0 Å². The first-order valence-electron chi connectivity index (χ1n) is 5.52. The molecule has 0 saturated heterocycles. The largest absolute Gasteiger partial charge is 0.397 e. The lowest BCUT2D eigenvalue weighted by molar-refractivity contribution is -0.115. The van der Waals surface area contributed by atoms with Crippen molar-refractivity contribution in [2.45, 2.75) is 20.3 Å². The van der Waals surface area contributed by atoms with Gasteiger partial charge in [-0.3, -0.25) is 4.79 Å². The second kappa shape index (κ2) is 4.04. The predicted molar refractivity (Wildman–Crippen MR) is 66.5 cm³/mol. The van der Waals surface area contributed by atoms with E-state index < -0.39 is 0 Å². The average Bonchev–Trinajstić information content (AvgIpc) is 2.53. The summed E-state index contributed by atoms with van der Waals surface area (Å²) in [6.07, 6.45) is 0.435. The molecule has 1 aliphatic heterocycles. The predicted octanol–water partition coefficient (Wildman–Crippen LogP) is 1.83. The van der Waals surface area contributed by atoms with E-state index in [-0.39, 0.29) is 5.91 Å². The normalized spacial score (nSPS) is 13.8. The van der Waals surface area contributed by atoms with E-state index >= 15 is 0 Å². The van der Waals surface area contributed by atoms with Gasteiger partial charge < -0.3 is 16.4 Å². The summed E-state index contributed by atoms with van der Waals surface area (Å²) in [5.41, 5.74) is 9.39. The quantitative estimate of drug-likeness (QED) is 0.679. The van der Waals surface area contributed by atoms with Gasteiger partial charge >= 0.3 is 0 Å². The Bertz CT molecular complexity index is 427. The zero-order chi connectivity index (χ0) is 11.7. The van der Waals surface area contributed by atoms with Gasteiger partial charge in [0.2, 0.25) is 5.91 Å². The molecule has 86 valence electrons. The molecule has 1 amide bonds. The molecule has 4 N–H and O–H groups in total. The summed E-state index contributed by atoms with van der Waals surface area (Å²) in [5, 5.41) is 6.10. The van der Waals surface area contributed by atoms with Crippen molar-refractivity contribution in [3.63, 3.8) is 0 Å². The fourth-order valence-corrected chi connectivity index (χ4v) is 1.76. The lowest BCUT2D eigenvalue weighted by atomic mass is 10.1. The van der Waals surface area contributed by atoms with Crippen LogP contribution in [0, 0.1) is 5.92 Å². The van der Waals surface area contributed by atoms with Crippen molar-refractivity contribution in [3.8, 4) is 0 Å². The third kappa shape index (κ3) is 2.10. The third-order valence-corrected chi connectivity index (χ3v) is 2.60. The molecule has 1 aromatic rings. The number of benzene rings is 1. The van der Waals surface area contributed by atoms with Crippen molar-refractivity contribution in [2.75, 3.05) is 22.9 Å².